The van der Waals surface area contributed by atoms with Crippen LogP contribution in [0.25, 0.3) is 11.4 Å². The number of alkyl halides is 5. The van der Waals surface area contributed by atoms with Crippen molar-refractivity contribution in [3.05, 3.63) is 29.6 Å². The van der Waals surface area contributed by atoms with Gasteiger partial charge in [0.1, 0.15) is 23.7 Å². The Labute approximate surface area is 172 Å². The third-order valence-electron chi connectivity index (χ3n) is 4.89. The minimum absolute atomic E-state index is 0.187. The minimum atomic E-state index is -4.97. The van der Waals surface area contributed by atoms with E-state index in [2.05, 4.69) is 30.3 Å². The normalized spacial score (nSPS) is 19.5. The van der Waals surface area contributed by atoms with Crippen LogP contribution < -0.4 is 15.5 Å². The van der Waals surface area contributed by atoms with E-state index in [0.717, 1.165) is 12.4 Å². The van der Waals surface area contributed by atoms with Gasteiger partial charge in [-0.3, -0.25) is 5.32 Å². The third kappa shape index (κ3) is 4.22. The van der Waals surface area contributed by atoms with Gasteiger partial charge in [-0.25, -0.2) is 28.5 Å². The lowest BCUT2D eigenvalue weighted by Crippen LogP contribution is -2.44. The first kappa shape index (κ1) is 21.2. The smallest absolute Gasteiger partial charge is 0.430 e. The van der Waals surface area contributed by atoms with Crippen LogP contribution in [0.1, 0.15) is 24.2 Å². The van der Waals surface area contributed by atoms with Crippen molar-refractivity contribution in [2.24, 2.45) is 0 Å². The molecular weight excluding hydrogens is 427 g/mol. The molecule has 0 bridgehead atoms. The quantitative estimate of drug-likeness (QED) is 0.703. The second kappa shape index (κ2) is 7.55. The number of cyclic esters (lactones) is 1. The Kier molecular flexibility index (Phi) is 5.15. The summed E-state index contributed by atoms with van der Waals surface area (Å²) in [5, 5.41) is 5.21. The number of fused-ring (bicyclic) bond motifs is 1. The highest BCUT2D eigenvalue weighted by Gasteiger charge is 2.50. The van der Waals surface area contributed by atoms with E-state index in [4.69, 9.17) is 0 Å². The number of hydrogen-bond acceptors (Lipinski definition) is 7. The van der Waals surface area contributed by atoms with Crippen LogP contribution in [0, 0.1) is 0 Å². The standard InChI is InChI=1S/C18H17F5N6O2/c1-17(19,20)9-6-10(27-11(7-9)29-4-2-24-3-5-29)13-12-14(18(21,22)23)31-16(30)28-15(12)26-8-25-13/h6-8,14,24H,2-5H2,1H3,(H,25,26,28,30)/t14-/m0/s1. The highest BCUT2D eigenvalue weighted by atomic mass is 19.4. The lowest BCUT2D eigenvalue weighted by molar-refractivity contribution is -0.206. The van der Waals surface area contributed by atoms with E-state index in [0.29, 0.717) is 33.1 Å². The molecule has 0 saturated carbocycles. The highest BCUT2D eigenvalue weighted by molar-refractivity contribution is 5.88. The van der Waals surface area contributed by atoms with E-state index in [1.54, 1.807) is 4.90 Å². The molecule has 0 radical (unpaired) electrons. The van der Waals surface area contributed by atoms with E-state index in [-0.39, 0.29) is 17.2 Å². The number of pyridine rings is 1. The highest BCUT2D eigenvalue weighted by Crippen LogP contribution is 2.45. The van der Waals surface area contributed by atoms with Gasteiger partial charge in [0, 0.05) is 38.7 Å². The zero-order chi connectivity index (χ0) is 22.4. The molecule has 0 aromatic carbocycles. The van der Waals surface area contributed by atoms with Crippen LogP contribution in [0.4, 0.5) is 38.4 Å². The number of hydrogen-bond donors (Lipinski definition) is 2. The number of anilines is 2. The van der Waals surface area contributed by atoms with Crippen LogP contribution in [0.5, 0.6) is 0 Å². The Balaban J connectivity index is 1.90. The largest absolute Gasteiger partial charge is 0.431 e. The zero-order valence-corrected chi connectivity index (χ0v) is 16.1. The summed E-state index contributed by atoms with van der Waals surface area (Å²) in [6.45, 7) is 2.85. The van der Waals surface area contributed by atoms with Gasteiger partial charge in [-0.2, -0.15) is 13.2 Å². The second-order valence-electron chi connectivity index (χ2n) is 7.16. The molecule has 13 heteroatoms. The number of aromatic nitrogens is 3. The Morgan fingerprint density at radius 1 is 1.13 bits per heavy atom. The molecular formula is C18H17F5N6O2. The second-order valence-corrected chi connectivity index (χ2v) is 7.16. The Bertz CT molecular complexity index is 1000. The summed E-state index contributed by atoms with van der Waals surface area (Å²) in [4.78, 5) is 25.2. The summed E-state index contributed by atoms with van der Waals surface area (Å²) in [6, 6.07) is 2.19. The molecule has 8 nitrogen and oxygen atoms in total. The Morgan fingerprint density at radius 3 is 2.48 bits per heavy atom. The van der Waals surface area contributed by atoms with E-state index in [1.165, 1.54) is 6.07 Å². The molecule has 4 rings (SSSR count). The third-order valence-corrected chi connectivity index (χ3v) is 4.89. The number of nitrogens with one attached hydrogen (secondary N) is 2. The molecule has 0 aliphatic carbocycles. The Morgan fingerprint density at radius 2 is 1.84 bits per heavy atom. The topological polar surface area (TPSA) is 92.3 Å². The van der Waals surface area contributed by atoms with Crippen LogP contribution in [0.3, 0.4) is 0 Å². The van der Waals surface area contributed by atoms with Crippen molar-refractivity contribution >= 4 is 17.7 Å². The van der Waals surface area contributed by atoms with Crippen molar-refractivity contribution in [2.75, 3.05) is 36.4 Å². The van der Waals surface area contributed by atoms with Gasteiger partial charge >= 0.3 is 12.3 Å². The SMILES string of the molecule is CC(F)(F)c1cc(-c2ncnc3c2[C@@H](C(F)(F)F)OC(=O)N3)nc(N2CCNCC2)c1. The van der Waals surface area contributed by atoms with E-state index in [9.17, 15) is 26.7 Å². The average molecular weight is 444 g/mol. The van der Waals surface area contributed by atoms with E-state index >= 15 is 0 Å². The van der Waals surface area contributed by atoms with Gasteiger partial charge < -0.3 is 15.0 Å². The average Bonchev–Trinajstić information content (AvgIpc) is 2.71. The number of carbonyl (C=O) groups is 1. The van der Waals surface area contributed by atoms with Crippen molar-refractivity contribution in [1.82, 2.24) is 20.3 Å². The van der Waals surface area contributed by atoms with Crippen LogP contribution in [-0.2, 0) is 10.7 Å². The van der Waals surface area contributed by atoms with Crippen molar-refractivity contribution in [1.29, 1.82) is 0 Å². The van der Waals surface area contributed by atoms with Gasteiger partial charge in [0.15, 0.2) is 0 Å². The van der Waals surface area contributed by atoms with Crippen molar-refractivity contribution in [2.45, 2.75) is 25.1 Å². The summed E-state index contributed by atoms with van der Waals surface area (Å²) in [5.41, 5.74) is -1.58. The lowest BCUT2D eigenvalue weighted by Gasteiger charge is -2.30. The lowest BCUT2D eigenvalue weighted by atomic mass is 10.0. The molecule has 2 aliphatic rings. The summed E-state index contributed by atoms with van der Waals surface area (Å²) in [5.74, 6) is -3.50. The number of rotatable bonds is 3. The monoisotopic (exact) mass is 444 g/mol. The van der Waals surface area contributed by atoms with Crippen molar-refractivity contribution in [3.8, 4) is 11.4 Å². The molecule has 2 N–H and O–H groups in total. The molecule has 0 unspecified atom stereocenters. The predicted octanol–water partition coefficient (Wildman–Crippen LogP) is 3.23. The first-order chi connectivity index (χ1) is 14.5. The first-order valence-corrected chi connectivity index (χ1v) is 9.29. The summed E-state index contributed by atoms with van der Waals surface area (Å²) in [6.07, 6.45) is -8.04. The van der Waals surface area contributed by atoms with Crippen LogP contribution >= 0.6 is 0 Å². The summed E-state index contributed by atoms with van der Waals surface area (Å²) in [7, 11) is 0. The zero-order valence-electron chi connectivity index (χ0n) is 16.1. The molecule has 2 aromatic heterocycles. The minimum Gasteiger partial charge on any atom is -0.431 e. The fraction of sp³-hybridized carbons (Fsp3) is 0.444. The van der Waals surface area contributed by atoms with Gasteiger partial charge in [0.2, 0.25) is 6.10 Å². The molecule has 31 heavy (non-hydrogen) atoms. The summed E-state index contributed by atoms with van der Waals surface area (Å²) >= 11 is 0. The van der Waals surface area contributed by atoms with E-state index < -0.39 is 41.2 Å². The predicted molar refractivity (Wildman–Crippen MR) is 98.8 cm³/mol. The molecule has 4 heterocycles. The number of carbonyl (C=O) groups excluding carboxylic acids is 1. The van der Waals surface area contributed by atoms with Gasteiger partial charge in [-0.1, -0.05) is 0 Å². The number of halogens is 5. The molecule has 1 fully saturated rings. The first-order valence-electron chi connectivity index (χ1n) is 9.29. The summed E-state index contributed by atoms with van der Waals surface area (Å²) < 4.78 is 73.7. The maximum atomic E-state index is 14.2. The van der Waals surface area contributed by atoms with Crippen molar-refractivity contribution in [3.63, 3.8) is 0 Å². The van der Waals surface area contributed by atoms with E-state index in [1.807, 2.05) is 0 Å². The molecule has 1 amide bonds. The number of amides is 1. The van der Waals surface area contributed by atoms with Crippen LogP contribution in [0.2, 0.25) is 0 Å². The fourth-order valence-corrected chi connectivity index (χ4v) is 3.42. The van der Waals surface area contributed by atoms with Crippen molar-refractivity contribution < 1.29 is 31.5 Å². The molecule has 2 aliphatic heterocycles. The van der Waals surface area contributed by atoms with Crippen LogP contribution in [0.15, 0.2) is 18.5 Å². The molecule has 166 valence electrons. The molecule has 0 spiro atoms. The molecule has 2 aromatic rings. The van der Waals surface area contributed by atoms with Gasteiger partial charge in [-0.05, 0) is 12.1 Å². The van der Waals surface area contributed by atoms with Gasteiger partial charge in [-0.15, -0.1) is 0 Å². The maximum absolute atomic E-state index is 14.2. The maximum Gasteiger partial charge on any atom is 0.430 e. The molecule has 1 saturated heterocycles. The van der Waals surface area contributed by atoms with Gasteiger partial charge in [0.25, 0.3) is 5.92 Å². The van der Waals surface area contributed by atoms with Crippen LogP contribution in [-0.4, -0.2) is 53.4 Å². The Hall–Kier alpha value is -3.09. The fourth-order valence-electron chi connectivity index (χ4n) is 3.42. The number of piperazine rings is 1. The molecule has 1 atom stereocenters. The van der Waals surface area contributed by atoms with Gasteiger partial charge in [0.05, 0.1) is 11.3 Å². The number of ether oxygens (including phenoxy) is 1. The number of nitrogens with zero attached hydrogens (tertiary/aromatic N) is 4.